The Morgan fingerprint density at radius 3 is 2.59 bits per heavy atom. The van der Waals surface area contributed by atoms with Crippen molar-refractivity contribution in [2.24, 2.45) is 0 Å². The first-order valence-corrected chi connectivity index (χ1v) is 7.82. The van der Waals surface area contributed by atoms with Crippen molar-refractivity contribution in [3.05, 3.63) is 45.7 Å². The predicted molar refractivity (Wildman–Crippen MR) is 91.5 cm³/mol. The van der Waals surface area contributed by atoms with Crippen molar-refractivity contribution in [1.82, 2.24) is 4.57 Å². The molecule has 22 heavy (non-hydrogen) atoms. The first kappa shape index (κ1) is 16.6. The first-order valence-electron chi connectivity index (χ1n) is 6.65. The highest BCUT2D eigenvalue weighted by Gasteiger charge is 2.15. The molecule has 116 valence electrons. The van der Waals surface area contributed by atoms with E-state index in [1.165, 1.54) is 6.92 Å². The summed E-state index contributed by atoms with van der Waals surface area (Å²) in [7, 11) is 0. The van der Waals surface area contributed by atoms with Gasteiger partial charge in [-0.05, 0) is 47.1 Å². The fourth-order valence-corrected chi connectivity index (χ4v) is 2.67. The van der Waals surface area contributed by atoms with Gasteiger partial charge in [0.2, 0.25) is 5.91 Å². The fraction of sp³-hybridized carbons (Fsp3) is 0.200. The number of benzene rings is 1. The third-order valence-corrected chi connectivity index (χ3v) is 3.65. The minimum absolute atomic E-state index is 0.225. The molecule has 2 rings (SSSR count). The number of rotatable bonds is 4. The van der Waals surface area contributed by atoms with E-state index in [1.807, 2.05) is 17.7 Å². The van der Waals surface area contributed by atoms with Gasteiger partial charge in [0.15, 0.2) is 0 Å². The van der Waals surface area contributed by atoms with Crippen molar-refractivity contribution in [2.45, 2.75) is 20.4 Å². The molecule has 0 saturated carbocycles. The maximum Gasteiger partial charge on any atom is 0.272 e. The zero-order valence-corrected chi connectivity index (χ0v) is 14.5. The third-order valence-electron chi connectivity index (χ3n) is 2.98. The van der Waals surface area contributed by atoms with Crippen LogP contribution in [0.2, 0.25) is 5.02 Å². The van der Waals surface area contributed by atoms with E-state index in [-0.39, 0.29) is 11.8 Å². The van der Waals surface area contributed by atoms with Crippen molar-refractivity contribution in [3.8, 4) is 0 Å². The molecule has 0 radical (unpaired) electrons. The van der Waals surface area contributed by atoms with Gasteiger partial charge in [-0.3, -0.25) is 9.59 Å². The minimum Gasteiger partial charge on any atom is -0.343 e. The SMILES string of the molecule is CCn1cc(Br)cc1C(=O)Nc1cc(Cl)ccc1NC(C)=O. The summed E-state index contributed by atoms with van der Waals surface area (Å²) in [6.07, 6.45) is 1.83. The number of nitrogens with one attached hydrogen (secondary N) is 2. The van der Waals surface area contributed by atoms with Crippen molar-refractivity contribution >= 4 is 50.7 Å². The van der Waals surface area contributed by atoms with Gasteiger partial charge in [0.05, 0.1) is 11.4 Å². The van der Waals surface area contributed by atoms with Gasteiger partial charge >= 0.3 is 0 Å². The Bertz CT molecular complexity index is 728. The second-order valence-corrected chi connectivity index (χ2v) is 6.01. The van der Waals surface area contributed by atoms with Crippen LogP contribution in [0.5, 0.6) is 0 Å². The molecule has 1 heterocycles. The van der Waals surface area contributed by atoms with E-state index in [9.17, 15) is 9.59 Å². The van der Waals surface area contributed by atoms with E-state index >= 15 is 0 Å². The monoisotopic (exact) mass is 383 g/mol. The predicted octanol–water partition coefficient (Wildman–Crippen LogP) is 4.13. The van der Waals surface area contributed by atoms with Gasteiger partial charge in [-0.1, -0.05) is 11.6 Å². The van der Waals surface area contributed by atoms with Crippen LogP contribution in [0.3, 0.4) is 0 Å². The van der Waals surface area contributed by atoms with Crippen molar-refractivity contribution in [2.75, 3.05) is 10.6 Å². The number of aromatic nitrogens is 1. The van der Waals surface area contributed by atoms with Gasteiger partial charge in [-0.15, -0.1) is 0 Å². The molecule has 0 unspecified atom stereocenters. The number of anilines is 2. The lowest BCUT2D eigenvalue weighted by molar-refractivity contribution is -0.114. The van der Waals surface area contributed by atoms with Crippen LogP contribution in [0, 0.1) is 0 Å². The molecule has 2 N–H and O–H groups in total. The zero-order chi connectivity index (χ0) is 16.3. The summed E-state index contributed by atoms with van der Waals surface area (Å²) >= 11 is 9.33. The van der Waals surface area contributed by atoms with Gasteiger partial charge < -0.3 is 15.2 Å². The van der Waals surface area contributed by atoms with Crippen molar-refractivity contribution in [3.63, 3.8) is 0 Å². The van der Waals surface area contributed by atoms with E-state index in [2.05, 4.69) is 26.6 Å². The lowest BCUT2D eigenvalue weighted by atomic mass is 10.2. The van der Waals surface area contributed by atoms with Crippen LogP contribution in [-0.4, -0.2) is 16.4 Å². The summed E-state index contributed by atoms with van der Waals surface area (Å²) in [4.78, 5) is 23.7. The van der Waals surface area contributed by atoms with Crippen molar-refractivity contribution in [1.29, 1.82) is 0 Å². The Kier molecular flexibility index (Phi) is 5.26. The minimum atomic E-state index is -0.276. The standard InChI is InChI=1S/C15H15BrClN3O2/c1-3-20-8-10(16)6-14(20)15(22)19-13-7-11(17)4-5-12(13)18-9(2)21/h4-8H,3H2,1-2H3,(H,18,21)(H,19,22). The Labute approximate surface area is 141 Å². The second kappa shape index (κ2) is 6.98. The van der Waals surface area contributed by atoms with Crippen LogP contribution in [0.4, 0.5) is 11.4 Å². The average Bonchev–Trinajstić information content (AvgIpc) is 2.82. The molecule has 0 atom stereocenters. The van der Waals surface area contributed by atoms with Crippen molar-refractivity contribution < 1.29 is 9.59 Å². The molecular formula is C15H15BrClN3O2. The summed E-state index contributed by atoms with van der Waals surface area (Å²) < 4.78 is 2.65. The molecule has 0 fully saturated rings. The number of hydrogen-bond donors (Lipinski definition) is 2. The highest BCUT2D eigenvalue weighted by atomic mass is 79.9. The summed E-state index contributed by atoms with van der Waals surface area (Å²) in [5.41, 5.74) is 1.47. The maximum absolute atomic E-state index is 12.4. The molecule has 1 aromatic heterocycles. The number of aryl methyl sites for hydroxylation is 1. The normalized spacial score (nSPS) is 10.4. The zero-order valence-electron chi connectivity index (χ0n) is 12.1. The number of hydrogen-bond acceptors (Lipinski definition) is 2. The lowest BCUT2D eigenvalue weighted by Crippen LogP contribution is -2.18. The summed E-state index contributed by atoms with van der Waals surface area (Å²) in [5, 5.41) is 5.91. The van der Waals surface area contributed by atoms with E-state index in [0.29, 0.717) is 28.6 Å². The van der Waals surface area contributed by atoms with Gasteiger partial charge in [0.1, 0.15) is 5.69 Å². The quantitative estimate of drug-likeness (QED) is 0.832. The van der Waals surface area contributed by atoms with E-state index in [0.717, 1.165) is 4.47 Å². The molecule has 0 spiro atoms. The van der Waals surface area contributed by atoms with E-state index < -0.39 is 0 Å². The number of carbonyl (C=O) groups is 2. The summed E-state index contributed by atoms with van der Waals surface area (Å²) in [6.45, 7) is 4.02. The smallest absolute Gasteiger partial charge is 0.272 e. The van der Waals surface area contributed by atoms with Crippen LogP contribution in [-0.2, 0) is 11.3 Å². The number of amides is 2. The maximum atomic E-state index is 12.4. The van der Waals surface area contributed by atoms with Gasteiger partial charge in [0, 0.05) is 29.2 Å². The molecule has 2 amide bonds. The largest absolute Gasteiger partial charge is 0.343 e. The molecule has 5 nitrogen and oxygen atoms in total. The van der Waals surface area contributed by atoms with Gasteiger partial charge in [0.25, 0.3) is 5.91 Å². The molecule has 0 aliphatic carbocycles. The number of nitrogens with zero attached hydrogens (tertiary/aromatic N) is 1. The molecule has 0 aliphatic heterocycles. The molecule has 1 aromatic carbocycles. The Morgan fingerprint density at radius 1 is 1.23 bits per heavy atom. The van der Waals surface area contributed by atoms with E-state index in [4.69, 9.17) is 11.6 Å². The van der Waals surface area contributed by atoms with Gasteiger partial charge in [-0.25, -0.2) is 0 Å². The Morgan fingerprint density at radius 2 is 1.95 bits per heavy atom. The third kappa shape index (κ3) is 3.90. The molecule has 0 aliphatic rings. The fourth-order valence-electron chi connectivity index (χ4n) is 2.03. The van der Waals surface area contributed by atoms with E-state index in [1.54, 1.807) is 24.3 Å². The Balaban J connectivity index is 2.31. The molecule has 0 saturated heterocycles. The molecule has 7 heteroatoms. The van der Waals surface area contributed by atoms with Crippen LogP contribution in [0.25, 0.3) is 0 Å². The first-order chi connectivity index (χ1) is 10.4. The Hall–Kier alpha value is -1.79. The highest BCUT2D eigenvalue weighted by molar-refractivity contribution is 9.10. The molecule has 2 aromatic rings. The lowest BCUT2D eigenvalue weighted by Gasteiger charge is -2.12. The van der Waals surface area contributed by atoms with Gasteiger partial charge in [-0.2, -0.15) is 0 Å². The summed E-state index contributed by atoms with van der Waals surface area (Å²) in [5.74, 6) is -0.501. The summed E-state index contributed by atoms with van der Waals surface area (Å²) in [6, 6.07) is 6.63. The number of carbonyl (C=O) groups excluding carboxylic acids is 2. The van der Waals surface area contributed by atoms with Crippen LogP contribution >= 0.6 is 27.5 Å². The average molecular weight is 385 g/mol. The molecule has 0 bridgehead atoms. The number of halogens is 2. The van der Waals surface area contributed by atoms with Crippen LogP contribution in [0.15, 0.2) is 34.9 Å². The highest BCUT2D eigenvalue weighted by Crippen LogP contribution is 2.27. The van der Waals surface area contributed by atoms with Crippen LogP contribution in [0.1, 0.15) is 24.3 Å². The van der Waals surface area contributed by atoms with Crippen LogP contribution < -0.4 is 10.6 Å². The topological polar surface area (TPSA) is 63.1 Å². The molecular weight excluding hydrogens is 370 g/mol. The second-order valence-electron chi connectivity index (χ2n) is 4.65.